The number of alkyl carbamates (subject to hydrolysis) is 1. The molecule has 0 atom stereocenters. The van der Waals surface area contributed by atoms with Crippen LogP contribution in [0.1, 0.15) is 20.8 Å². The fourth-order valence-electron chi connectivity index (χ4n) is 2.61. The summed E-state index contributed by atoms with van der Waals surface area (Å²) in [5, 5.41) is 9.16. The van der Waals surface area contributed by atoms with Crippen LogP contribution in [0.25, 0.3) is 11.3 Å². The largest absolute Gasteiger partial charge is 0.484 e. The maximum Gasteiger partial charge on any atom is 0.412 e. The second kappa shape index (κ2) is 11.4. The highest BCUT2D eigenvalue weighted by molar-refractivity contribution is 8.00. The minimum absolute atomic E-state index is 0.182. The topological polar surface area (TPSA) is 128 Å². The van der Waals surface area contributed by atoms with Gasteiger partial charge in [-0.2, -0.15) is 0 Å². The van der Waals surface area contributed by atoms with E-state index in [1.54, 1.807) is 44.7 Å². The molecule has 0 saturated carbocycles. The molecule has 0 unspecified atom stereocenters. The standard InChI is InChI=1S/C22H25N5O4S3/c1-22(2,3)31-21(29)25-12-24-18-9-15(19(32-4)34-18)16-11-33-20(27-16)26-13-6-5-7-14(8-13)30-10-17(23)28/h5-9,11-12H,10H2,1-4H3,(H2,23,28)(H,26,27)(H,24,25,29). The maximum atomic E-state index is 11.8. The van der Waals surface area contributed by atoms with Gasteiger partial charge >= 0.3 is 6.09 Å². The Kier molecular flexibility index (Phi) is 8.53. The average Bonchev–Trinajstić information content (AvgIpc) is 3.38. The lowest BCUT2D eigenvalue weighted by molar-refractivity contribution is -0.119. The third-order valence-electron chi connectivity index (χ3n) is 3.89. The number of nitrogens with one attached hydrogen (secondary N) is 2. The van der Waals surface area contributed by atoms with Crippen LogP contribution in [-0.4, -0.2) is 41.8 Å². The summed E-state index contributed by atoms with van der Waals surface area (Å²) < 4.78 is 11.6. The van der Waals surface area contributed by atoms with E-state index < -0.39 is 17.6 Å². The Morgan fingerprint density at radius 1 is 1.29 bits per heavy atom. The molecule has 0 aliphatic rings. The predicted octanol–water partition coefficient (Wildman–Crippen LogP) is 5.39. The van der Waals surface area contributed by atoms with Gasteiger partial charge in [-0.15, -0.1) is 34.4 Å². The van der Waals surface area contributed by atoms with Gasteiger partial charge in [0, 0.05) is 22.7 Å². The smallest absolute Gasteiger partial charge is 0.412 e. The van der Waals surface area contributed by atoms with E-state index in [0.29, 0.717) is 10.9 Å². The third kappa shape index (κ3) is 7.75. The number of nitrogens with two attached hydrogens (primary N) is 1. The highest BCUT2D eigenvalue weighted by Gasteiger charge is 2.16. The molecule has 0 saturated heterocycles. The molecule has 12 heteroatoms. The Morgan fingerprint density at radius 3 is 2.79 bits per heavy atom. The van der Waals surface area contributed by atoms with Gasteiger partial charge in [0.2, 0.25) is 0 Å². The Morgan fingerprint density at radius 2 is 2.09 bits per heavy atom. The second-order valence-electron chi connectivity index (χ2n) is 7.84. The molecular formula is C22H25N5O4S3. The number of anilines is 2. The van der Waals surface area contributed by atoms with Crippen LogP contribution in [0.2, 0.25) is 0 Å². The zero-order chi connectivity index (χ0) is 24.7. The number of thiazole rings is 1. The summed E-state index contributed by atoms with van der Waals surface area (Å²) >= 11 is 4.57. The van der Waals surface area contributed by atoms with Crippen LogP contribution in [0.4, 0.5) is 20.6 Å². The van der Waals surface area contributed by atoms with E-state index in [-0.39, 0.29) is 6.61 Å². The van der Waals surface area contributed by atoms with Gasteiger partial charge in [-0.1, -0.05) is 6.07 Å². The first-order valence-corrected chi connectivity index (χ1v) is 13.0. The van der Waals surface area contributed by atoms with Crippen molar-refractivity contribution in [3.05, 3.63) is 35.7 Å². The number of ether oxygens (including phenoxy) is 2. The summed E-state index contributed by atoms with van der Waals surface area (Å²) in [6.07, 6.45) is 2.76. The van der Waals surface area contributed by atoms with Crippen LogP contribution >= 0.6 is 34.4 Å². The Bertz CT molecular complexity index is 1180. The van der Waals surface area contributed by atoms with Crippen molar-refractivity contribution in [1.29, 1.82) is 0 Å². The molecule has 3 aromatic rings. The molecule has 0 bridgehead atoms. The van der Waals surface area contributed by atoms with Gasteiger partial charge < -0.3 is 20.5 Å². The molecule has 2 heterocycles. The lowest BCUT2D eigenvalue weighted by Gasteiger charge is -2.18. The number of hydrogen-bond donors (Lipinski definition) is 3. The summed E-state index contributed by atoms with van der Waals surface area (Å²) in [6.45, 7) is 5.21. The van der Waals surface area contributed by atoms with E-state index in [0.717, 1.165) is 26.2 Å². The van der Waals surface area contributed by atoms with Crippen molar-refractivity contribution in [3.63, 3.8) is 0 Å². The van der Waals surface area contributed by atoms with Gasteiger partial charge in [-0.3, -0.25) is 10.1 Å². The first-order chi connectivity index (χ1) is 16.1. The molecule has 0 aliphatic heterocycles. The van der Waals surface area contributed by atoms with E-state index in [4.69, 9.17) is 20.2 Å². The number of aromatic nitrogens is 1. The average molecular weight is 520 g/mol. The third-order valence-corrected chi connectivity index (χ3v) is 6.83. The SMILES string of the molecule is CSc1sc(N=CNC(=O)OC(C)(C)C)cc1-c1csc(Nc2cccc(OCC(N)=O)c2)n1. The number of thiophene rings is 1. The summed E-state index contributed by atoms with van der Waals surface area (Å²) in [6, 6.07) is 9.14. The van der Waals surface area contributed by atoms with Crippen molar-refractivity contribution in [2.45, 2.75) is 30.6 Å². The molecule has 2 amide bonds. The number of benzene rings is 1. The maximum absolute atomic E-state index is 11.8. The number of nitrogens with zero attached hydrogens (tertiary/aromatic N) is 2. The van der Waals surface area contributed by atoms with Crippen LogP contribution < -0.4 is 21.1 Å². The molecule has 0 spiro atoms. The van der Waals surface area contributed by atoms with Crippen molar-refractivity contribution in [2.75, 3.05) is 18.2 Å². The van der Waals surface area contributed by atoms with Crippen molar-refractivity contribution in [2.24, 2.45) is 10.7 Å². The van der Waals surface area contributed by atoms with Crippen LogP contribution in [0.3, 0.4) is 0 Å². The fourth-order valence-corrected chi connectivity index (χ4v) is 5.06. The van der Waals surface area contributed by atoms with Gasteiger partial charge in [-0.05, 0) is 45.2 Å². The number of aliphatic imine (C=N–C) groups is 1. The molecule has 0 radical (unpaired) electrons. The van der Waals surface area contributed by atoms with E-state index in [9.17, 15) is 9.59 Å². The van der Waals surface area contributed by atoms with E-state index in [1.165, 1.54) is 29.0 Å². The van der Waals surface area contributed by atoms with Gasteiger partial charge in [-0.25, -0.2) is 14.8 Å². The van der Waals surface area contributed by atoms with Crippen LogP contribution in [0, 0.1) is 0 Å². The van der Waals surface area contributed by atoms with Crippen LogP contribution in [-0.2, 0) is 9.53 Å². The van der Waals surface area contributed by atoms with Gasteiger partial charge in [0.15, 0.2) is 11.7 Å². The second-order valence-corrected chi connectivity index (χ2v) is 10.8. The first kappa shape index (κ1) is 25.5. The van der Waals surface area contributed by atoms with Crippen molar-refractivity contribution in [3.8, 4) is 17.0 Å². The summed E-state index contributed by atoms with van der Waals surface area (Å²) in [7, 11) is 0. The molecular weight excluding hydrogens is 494 g/mol. The molecule has 0 aliphatic carbocycles. The van der Waals surface area contributed by atoms with E-state index in [2.05, 4.69) is 15.6 Å². The lowest BCUT2D eigenvalue weighted by Crippen LogP contribution is -2.31. The van der Waals surface area contributed by atoms with Crippen molar-refractivity contribution in [1.82, 2.24) is 10.3 Å². The number of carbonyl (C=O) groups excluding carboxylic acids is 2. The number of amides is 2. The molecule has 0 fully saturated rings. The van der Waals surface area contributed by atoms with Crippen molar-refractivity contribution < 1.29 is 19.1 Å². The summed E-state index contributed by atoms with van der Waals surface area (Å²) in [5.74, 6) is -0.00167. The zero-order valence-electron chi connectivity index (χ0n) is 19.1. The number of primary amides is 1. The molecule has 1 aromatic carbocycles. The fraction of sp³-hybridized carbons (Fsp3) is 0.273. The van der Waals surface area contributed by atoms with Gasteiger partial charge in [0.25, 0.3) is 5.91 Å². The highest BCUT2D eigenvalue weighted by Crippen LogP contribution is 2.42. The normalized spacial score (nSPS) is 11.4. The monoisotopic (exact) mass is 519 g/mol. The molecule has 2 aromatic heterocycles. The minimum atomic E-state index is -0.575. The number of thioether (sulfide) groups is 1. The van der Waals surface area contributed by atoms with Crippen LogP contribution in [0.5, 0.6) is 5.75 Å². The van der Waals surface area contributed by atoms with Crippen LogP contribution in [0.15, 0.2) is 44.9 Å². The molecule has 3 rings (SSSR count). The Labute approximate surface area is 209 Å². The lowest BCUT2D eigenvalue weighted by atomic mass is 10.2. The molecule has 180 valence electrons. The number of hydrogen-bond acceptors (Lipinski definition) is 10. The van der Waals surface area contributed by atoms with E-state index in [1.807, 2.05) is 29.8 Å². The Hall–Kier alpha value is -3.09. The zero-order valence-corrected chi connectivity index (χ0v) is 21.5. The Balaban J connectivity index is 1.68. The molecule has 4 N–H and O–H groups in total. The summed E-state index contributed by atoms with van der Waals surface area (Å²) in [4.78, 5) is 31.7. The first-order valence-electron chi connectivity index (χ1n) is 10.1. The number of carbonyl (C=O) groups is 2. The number of rotatable bonds is 9. The van der Waals surface area contributed by atoms with E-state index >= 15 is 0 Å². The van der Waals surface area contributed by atoms with Gasteiger partial charge in [0.05, 0.1) is 16.2 Å². The predicted molar refractivity (Wildman–Crippen MR) is 139 cm³/mol. The minimum Gasteiger partial charge on any atom is -0.484 e. The quantitative estimate of drug-likeness (QED) is 0.196. The molecule has 34 heavy (non-hydrogen) atoms. The molecule has 9 nitrogen and oxygen atoms in total. The highest BCUT2D eigenvalue weighted by atomic mass is 32.2. The van der Waals surface area contributed by atoms with Gasteiger partial charge in [0.1, 0.15) is 16.4 Å². The van der Waals surface area contributed by atoms with Crippen molar-refractivity contribution >= 4 is 68.6 Å². The summed E-state index contributed by atoms with van der Waals surface area (Å²) in [5.41, 5.74) is 7.10.